The van der Waals surface area contributed by atoms with Crippen LogP contribution in [0.15, 0.2) is 36.5 Å². The second kappa shape index (κ2) is 5.04. The second-order valence-corrected chi connectivity index (χ2v) is 4.85. The number of pyridine rings is 1. The molecule has 2 atom stereocenters. The Hall–Kier alpha value is -1.45. The molecule has 0 amide bonds. The van der Waals surface area contributed by atoms with E-state index in [1.54, 1.807) is 0 Å². The standard InChI is InChI=1S/C15H18N2O/c1-16-10-13-6-8-18-15(13)12-4-5-14-11(9-12)3-2-7-17-14/h2-5,7,9,13,15-16H,6,8,10H2,1H3. The quantitative estimate of drug-likeness (QED) is 0.898. The van der Waals surface area contributed by atoms with Crippen molar-refractivity contribution in [2.75, 3.05) is 20.2 Å². The highest BCUT2D eigenvalue weighted by Gasteiger charge is 2.28. The topological polar surface area (TPSA) is 34.1 Å². The lowest BCUT2D eigenvalue weighted by atomic mass is 9.94. The van der Waals surface area contributed by atoms with Crippen LogP contribution in [0.25, 0.3) is 10.9 Å². The summed E-state index contributed by atoms with van der Waals surface area (Å²) in [5, 5.41) is 4.44. The van der Waals surface area contributed by atoms with Gasteiger partial charge in [-0.15, -0.1) is 0 Å². The average Bonchev–Trinajstić information content (AvgIpc) is 2.87. The fraction of sp³-hybridized carbons (Fsp3) is 0.400. The second-order valence-electron chi connectivity index (χ2n) is 4.85. The largest absolute Gasteiger partial charge is 0.373 e. The third kappa shape index (κ3) is 2.11. The summed E-state index contributed by atoms with van der Waals surface area (Å²) in [5.41, 5.74) is 2.32. The van der Waals surface area contributed by atoms with Crippen molar-refractivity contribution >= 4 is 10.9 Å². The van der Waals surface area contributed by atoms with Crippen LogP contribution in [0.4, 0.5) is 0 Å². The summed E-state index contributed by atoms with van der Waals surface area (Å²) in [4.78, 5) is 4.35. The molecule has 3 heteroatoms. The van der Waals surface area contributed by atoms with Gasteiger partial charge in [0.15, 0.2) is 0 Å². The first-order chi connectivity index (χ1) is 8.88. The fourth-order valence-corrected chi connectivity index (χ4v) is 2.74. The van der Waals surface area contributed by atoms with Gasteiger partial charge in [0.2, 0.25) is 0 Å². The third-order valence-electron chi connectivity index (χ3n) is 3.64. The molecule has 0 aliphatic carbocycles. The van der Waals surface area contributed by atoms with Gasteiger partial charge in [-0.1, -0.05) is 12.1 Å². The van der Waals surface area contributed by atoms with E-state index in [-0.39, 0.29) is 6.10 Å². The van der Waals surface area contributed by atoms with Gasteiger partial charge in [-0.05, 0) is 37.2 Å². The molecule has 2 unspecified atom stereocenters. The smallest absolute Gasteiger partial charge is 0.0866 e. The molecule has 0 spiro atoms. The van der Waals surface area contributed by atoms with Crippen LogP contribution in [0.2, 0.25) is 0 Å². The maximum Gasteiger partial charge on any atom is 0.0866 e. The number of nitrogens with zero attached hydrogens (tertiary/aromatic N) is 1. The van der Waals surface area contributed by atoms with Crippen LogP contribution in [-0.4, -0.2) is 25.2 Å². The summed E-state index contributed by atoms with van der Waals surface area (Å²) in [6, 6.07) is 10.5. The zero-order valence-corrected chi connectivity index (χ0v) is 10.6. The number of benzene rings is 1. The van der Waals surface area contributed by atoms with Gasteiger partial charge in [0.05, 0.1) is 11.6 Å². The van der Waals surface area contributed by atoms with Gasteiger partial charge in [0.25, 0.3) is 0 Å². The van der Waals surface area contributed by atoms with Gasteiger partial charge < -0.3 is 10.1 Å². The molecule has 1 fully saturated rings. The first-order valence-electron chi connectivity index (χ1n) is 6.49. The molecule has 3 rings (SSSR count). The molecule has 1 saturated heterocycles. The molecule has 94 valence electrons. The van der Waals surface area contributed by atoms with E-state index in [4.69, 9.17) is 4.74 Å². The van der Waals surface area contributed by atoms with Crippen LogP contribution < -0.4 is 5.32 Å². The van der Waals surface area contributed by atoms with Gasteiger partial charge in [0, 0.05) is 30.7 Å². The van der Waals surface area contributed by atoms with E-state index in [0.717, 1.165) is 25.1 Å². The van der Waals surface area contributed by atoms with E-state index in [9.17, 15) is 0 Å². The van der Waals surface area contributed by atoms with E-state index in [1.165, 1.54) is 10.9 Å². The summed E-state index contributed by atoms with van der Waals surface area (Å²) in [6.45, 7) is 1.87. The Morgan fingerprint density at radius 3 is 3.22 bits per heavy atom. The maximum absolute atomic E-state index is 5.89. The van der Waals surface area contributed by atoms with E-state index >= 15 is 0 Å². The lowest BCUT2D eigenvalue weighted by Gasteiger charge is -2.18. The summed E-state index contributed by atoms with van der Waals surface area (Å²) >= 11 is 0. The molecule has 3 nitrogen and oxygen atoms in total. The van der Waals surface area contributed by atoms with Gasteiger partial charge in [0.1, 0.15) is 0 Å². The van der Waals surface area contributed by atoms with Crippen molar-refractivity contribution in [2.24, 2.45) is 5.92 Å². The molecule has 2 aromatic rings. The van der Waals surface area contributed by atoms with Crippen molar-refractivity contribution in [1.82, 2.24) is 10.3 Å². The van der Waals surface area contributed by atoms with Crippen molar-refractivity contribution in [2.45, 2.75) is 12.5 Å². The Morgan fingerprint density at radius 2 is 2.33 bits per heavy atom. The highest BCUT2D eigenvalue weighted by Crippen LogP contribution is 2.35. The van der Waals surface area contributed by atoms with E-state index < -0.39 is 0 Å². The lowest BCUT2D eigenvalue weighted by molar-refractivity contribution is 0.0911. The molecule has 1 N–H and O–H groups in total. The molecule has 1 aliphatic rings. The minimum atomic E-state index is 0.224. The number of ether oxygens (including phenoxy) is 1. The van der Waals surface area contributed by atoms with Crippen molar-refractivity contribution < 1.29 is 4.74 Å². The molecule has 0 radical (unpaired) electrons. The minimum absolute atomic E-state index is 0.224. The SMILES string of the molecule is CNCC1CCOC1c1ccc2ncccc2c1. The van der Waals surface area contributed by atoms with Crippen LogP contribution >= 0.6 is 0 Å². The van der Waals surface area contributed by atoms with E-state index in [0.29, 0.717) is 5.92 Å². The zero-order valence-electron chi connectivity index (χ0n) is 10.6. The van der Waals surface area contributed by atoms with Gasteiger partial charge in [-0.3, -0.25) is 4.98 Å². The molecular formula is C15H18N2O. The molecule has 1 aliphatic heterocycles. The zero-order chi connectivity index (χ0) is 12.4. The number of nitrogens with one attached hydrogen (secondary N) is 1. The Morgan fingerprint density at radius 1 is 1.39 bits per heavy atom. The van der Waals surface area contributed by atoms with Crippen LogP contribution in [0.5, 0.6) is 0 Å². The molecule has 0 saturated carbocycles. The summed E-state index contributed by atoms with van der Waals surface area (Å²) < 4.78 is 5.89. The summed E-state index contributed by atoms with van der Waals surface area (Å²) in [6.07, 6.45) is 3.19. The van der Waals surface area contributed by atoms with E-state index in [1.807, 2.05) is 19.3 Å². The molecule has 2 heterocycles. The Bertz CT molecular complexity index is 541. The number of rotatable bonds is 3. The lowest BCUT2D eigenvalue weighted by Crippen LogP contribution is -2.21. The van der Waals surface area contributed by atoms with Crippen molar-refractivity contribution in [3.63, 3.8) is 0 Å². The van der Waals surface area contributed by atoms with Crippen LogP contribution in [0.1, 0.15) is 18.1 Å². The van der Waals surface area contributed by atoms with Crippen molar-refractivity contribution in [3.05, 3.63) is 42.1 Å². The van der Waals surface area contributed by atoms with E-state index in [2.05, 4.69) is 34.6 Å². The van der Waals surface area contributed by atoms with Crippen LogP contribution in [-0.2, 0) is 4.74 Å². The highest BCUT2D eigenvalue weighted by atomic mass is 16.5. The number of fused-ring (bicyclic) bond motifs is 1. The normalized spacial score (nSPS) is 23.6. The molecule has 1 aromatic heterocycles. The summed E-state index contributed by atoms with van der Waals surface area (Å²) in [7, 11) is 2.00. The predicted molar refractivity (Wildman–Crippen MR) is 72.5 cm³/mol. The van der Waals surface area contributed by atoms with Crippen LogP contribution in [0.3, 0.4) is 0 Å². The monoisotopic (exact) mass is 242 g/mol. The van der Waals surface area contributed by atoms with Gasteiger partial charge in [-0.25, -0.2) is 0 Å². The predicted octanol–water partition coefficient (Wildman–Crippen LogP) is 2.53. The van der Waals surface area contributed by atoms with Crippen molar-refractivity contribution in [1.29, 1.82) is 0 Å². The van der Waals surface area contributed by atoms with Gasteiger partial charge in [-0.2, -0.15) is 0 Å². The minimum Gasteiger partial charge on any atom is -0.373 e. The number of hydrogen-bond donors (Lipinski definition) is 1. The first kappa shape index (κ1) is 11.6. The van der Waals surface area contributed by atoms with Crippen LogP contribution in [0, 0.1) is 5.92 Å². The molecule has 18 heavy (non-hydrogen) atoms. The van der Waals surface area contributed by atoms with Crippen molar-refractivity contribution in [3.8, 4) is 0 Å². The first-order valence-corrected chi connectivity index (χ1v) is 6.49. The third-order valence-corrected chi connectivity index (χ3v) is 3.64. The number of hydrogen-bond acceptors (Lipinski definition) is 3. The molecular weight excluding hydrogens is 224 g/mol. The Balaban J connectivity index is 1.93. The highest BCUT2D eigenvalue weighted by molar-refractivity contribution is 5.79. The molecule has 0 bridgehead atoms. The molecule has 1 aromatic carbocycles. The summed E-state index contributed by atoms with van der Waals surface area (Å²) in [5.74, 6) is 0.573. The Labute approximate surface area is 107 Å². The average molecular weight is 242 g/mol. The number of aromatic nitrogens is 1. The fourth-order valence-electron chi connectivity index (χ4n) is 2.74. The Kier molecular flexibility index (Phi) is 3.26. The van der Waals surface area contributed by atoms with Gasteiger partial charge >= 0.3 is 0 Å². The maximum atomic E-state index is 5.89.